The lowest BCUT2D eigenvalue weighted by molar-refractivity contribution is 0.275. The van der Waals surface area contributed by atoms with Crippen molar-refractivity contribution in [2.45, 2.75) is 13.3 Å². The Morgan fingerprint density at radius 3 is 2.17 bits per heavy atom. The van der Waals surface area contributed by atoms with E-state index < -0.39 is 7.82 Å². The Morgan fingerprint density at radius 2 is 1.71 bits per heavy atom. The van der Waals surface area contributed by atoms with Gasteiger partial charge in [-0.05, 0) is 24.1 Å². The standard InChI is InChI=1S/C12H12Cl2N4.ClH.H3O4P/c1-2-9-10(11(15)18-12(16)17-9)6-3-4-7(13)8(14)5-6;;1-5(2,3)4/h3-5H,2H2,1H3,(H4,15,16,17,18);1H;(H3,1,2,3,4)/p+1. The van der Waals surface area contributed by atoms with Crippen LogP contribution < -0.4 is 11.5 Å². The van der Waals surface area contributed by atoms with Crippen LogP contribution in [0.2, 0.25) is 10.0 Å². The molecule has 1 aromatic heterocycles. The SMILES string of the molecule is CCc1nc(N)nc(N)c1-c1ccc(Cl)c(Cl)c1.Cl.O=P(O)(O)O.[H+]. The van der Waals surface area contributed by atoms with Gasteiger partial charge in [0.2, 0.25) is 5.95 Å². The van der Waals surface area contributed by atoms with Gasteiger partial charge in [-0.1, -0.05) is 36.2 Å². The maximum Gasteiger partial charge on any atom is 1.00 e. The summed E-state index contributed by atoms with van der Waals surface area (Å²) < 4.78 is 8.88. The van der Waals surface area contributed by atoms with Crippen molar-refractivity contribution in [3.8, 4) is 11.1 Å². The molecule has 0 fully saturated rings. The Bertz CT molecular complexity index is 755. The van der Waals surface area contributed by atoms with Gasteiger partial charge in [-0.2, -0.15) is 4.98 Å². The van der Waals surface area contributed by atoms with Gasteiger partial charge >= 0.3 is 9.25 Å². The van der Waals surface area contributed by atoms with Gasteiger partial charge < -0.3 is 26.1 Å². The number of rotatable bonds is 2. The van der Waals surface area contributed by atoms with E-state index in [2.05, 4.69) is 9.97 Å². The molecule has 0 amide bonds. The highest BCUT2D eigenvalue weighted by Crippen LogP contribution is 2.33. The zero-order chi connectivity index (χ0) is 17.8. The average Bonchev–Trinajstić information content (AvgIpc) is 2.39. The van der Waals surface area contributed by atoms with Crippen molar-refractivity contribution in [2.75, 3.05) is 11.5 Å². The first-order valence-electron chi connectivity index (χ1n) is 6.18. The molecule has 0 atom stereocenters. The third-order valence-electron chi connectivity index (χ3n) is 2.57. The lowest BCUT2D eigenvalue weighted by Gasteiger charge is -2.11. The molecule has 2 aromatic rings. The molecule has 2 rings (SSSR count). The maximum absolute atomic E-state index is 8.88. The summed E-state index contributed by atoms with van der Waals surface area (Å²) in [6, 6.07) is 5.29. The Hall–Kier alpha value is -1.12. The number of nitrogen functional groups attached to an aromatic ring is 2. The summed E-state index contributed by atoms with van der Waals surface area (Å²) in [6.45, 7) is 1.97. The average molecular weight is 419 g/mol. The van der Waals surface area contributed by atoms with Crippen LogP contribution in [0, 0.1) is 0 Å². The molecule has 0 saturated heterocycles. The normalized spacial score (nSPS) is 10.4. The van der Waals surface area contributed by atoms with Crippen molar-refractivity contribution in [3.05, 3.63) is 33.9 Å². The molecule has 1 aromatic carbocycles. The Labute approximate surface area is 156 Å². The summed E-state index contributed by atoms with van der Waals surface area (Å²) in [6.07, 6.45) is 0.701. The first kappa shape index (κ1) is 22.9. The second-order valence-corrected chi connectivity index (χ2v) is 6.13. The van der Waals surface area contributed by atoms with Crippen molar-refractivity contribution >= 4 is 55.2 Å². The Morgan fingerprint density at radius 1 is 1.17 bits per heavy atom. The fourth-order valence-corrected chi connectivity index (χ4v) is 2.07. The van der Waals surface area contributed by atoms with Crippen molar-refractivity contribution in [1.82, 2.24) is 9.97 Å². The first-order valence-corrected chi connectivity index (χ1v) is 8.50. The smallest absolute Gasteiger partial charge is 0.383 e. The van der Waals surface area contributed by atoms with E-state index in [0.29, 0.717) is 22.3 Å². The van der Waals surface area contributed by atoms with E-state index >= 15 is 0 Å². The predicted octanol–water partition coefficient (Wildman–Crippen LogP) is 2.78. The van der Waals surface area contributed by atoms with E-state index in [0.717, 1.165) is 16.8 Å². The number of anilines is 2. The second kappa shape index (κ2) is 9.39. The van der Waals surface area contributed by atoms with E-state index in [1.807, 2.05) is 13.0 Å². The van der Waals surface area contributed by atoms with Crippen LogP contribution in [0.4, 0.5) is 11.8 Å². The van der Waals surface area contributed by atoms with E-state index in [9.17, 15) is 0 Å². The summed E-state index contributed by atoms with van der Waals surface area (Å²) in [7, 11) is -4.64. The van der Waals surface area contributed by atoms with Gasteiger partial charge in [0.05, 0.1) is 15.7 Å². The number of hydrogen-bond donors (Lipinski definition) is 5. The molecular weight excluding hydrogens is 401 g/mol. The van der Waals surface area contributed by atoms with Crippen molar-refractivity contribution in [3.63, 3.8) is 0 Å². The van der Waals surface area contributed by atoms with E-state index in [-0.39, 0.29) is 19.8 Å². The summed E-state index contributed by atoms with van der Waals surface area (Å²) in [5, 5.41) is 0.959. The molecule has 0 unspecified atom stereocenters. The van der Waals surface area contributed by atoms with Gasteiger partial charge in [0.1, 0.15) is 5.82 Å². The molecule has 7 N–H and O–H groups in total. The third kappa shape index (κ3) is 7.19. The minimum absolute atomic E-state index is 0. The fraction of sp³-hybridized carbons (Fsp3) is 0.167. The number of nitrogens with zero attached hydrogens (tertiary/aromatic N) is 2. The van der Waals surface area contributed by atoms with Crippen LogP contribution >= 0.6 is 43.4 Å². The molecule has 0 bridgehead atoms. The van der Waals surface area contributed by atoms with Crippen LogP contribution in [0.3, 0.4) is 0 Å². The van der Waals surface area contributed by atoms with Crippen LogP contribution in [0.15, 0.2) is 18.2 Å². The molecule has 0 aliphatic rings. The molecule has 0 saturated carbocycles. The van der Waals surface area contributed by atoms with Crippen LogP contribution in [0.25, 0.3) is 11.1 Å². The summed E-state index contributed by atoms with van der Waals surface area (Å²) >= 11 is 11.9. The number of phosphoric acid groups is 1. The molecule has 24 heavy (non-hydrogen) atoms. The van der Waals surface area contributed by atoms with E-state index in [1.165, 1.54) is 0 Å². The summed E-state index contributed by atoms with van der Waals surface area (Å²) in [5.74, 6) is 0.519. The Kier molecular flexibility index (Phi) is 8.95. The fourth-order valence-electron chi connectivity index (χ4n) is 1.77. The van der Waals surface area contributed by atoms with Gasteiger partial charge in [0.25, 0.3) is 0 Å². The zero-order valence-corrected chi connectivity index (χ0v) is 15.6. The summed E-state index contributed by atoms with van der Waals surface area (Å²) in [4.78, 5) is 29.7. The zero-order valence-electron chi connectivity index (χ0n) is 13.3. The first-order chi connectivity index (χ1) is 10.5. The van der Waals surface area contributed by atoms with Crippen LogP contribution in [0.5, 0.6) is 0 Å². The number of nitrogens with two attached hydrogens (primary N) is 2. The number of halogens is 3. The van der Waals surface area contributed by atoms with E-state index in [1.54, 1.807) is 12.1 Å². The van der Waals surface area contributed by atoms with Crippen LogP contribution in [0.1, 0.15) is 14.0 Å². The highest BCUT2D eigenvalue weighted by molar-refractivity contribution is 7.45. The molecule has 8 nitrogen and oxygen atoms in total. The monoisotopic (exact) mass is 417 g/mol. The van der Waals surface area contributed by atoms with Crippen molar-refractivity contribution in [2.24, 2.45) is 0 Å². The topological polar surface area (TPSA) is 156 Å². The minimum atomic E-state index is -4.64. The second-order valence-electron chi connectivity index (χ2n) is 4.28. The molecule has 0 spiro atoms. The van der Waals surface area contributed by atoms with Gasteiger partial charge in [0.15, 0.2) is 0 Å². The molecule has 0 aliphatic heterocycles. The highest BCUT2D eigenvalue weighted by atomic mass is 35.5. The molecule has 0 aliphatic carbocycles. The van der Waals surface area contributed by atoms with Crippen LogP contribution in [-0.2, 0) is 11.0 Å². The third-order valence-corrected chi connectivity index (χ3v) is 3.31. The molecule has 0 radical (unpaired) electrons. The van der Waals surface area contributed by atoms with E-state index in [4.69, 9.17) is 53.9 Å². The van der Waals surface area contributed by atoms with Gasteiger partial charge in [-0.25, -0.2) is 9.55 Å². The van der Waals surface area contributed by atoms with Crippen LogP contribution in [-0.4, -0.2) is 24.6 Å². The summed E-state index contributed by atoms with van der Waals surface area (Å²) in [5.41, 5.74) is 13.9. The molecule has 12 heteroatoms. The number of benzene rings is 1. The molecule has 134 valence electrons. The van der Waals surface area contributed by atoms with Gasteiger partial charge in [0, 0.05) is 5.56 Å². The quantitative estimate of drug-likeness (QED) is 0.466. The molecule has 1 heterocycles. The highest BCUT2D eigenvalue weighted by Gasteiger charge is 2.13. The largest absolute Gasteiger partial charge is 1.00 e. The number of hydrogen-bond acceptors (Lipinski definition) is 5. The predicted molar refractivity (Wildman–Crippen MR) is 98.3 cm³/mol. The number of aromatic nitrogens is 2. The lowest BCUT2D eigenvalue weighted by Crippen LogP contribution is -2.06. The van der Waals surface area contributed by atoms with Gasteiger partial charge in [-0.3, -0.25) is 0 Å². The minimum Gasteiger partial charge on any atom is -0.383 e. The van der Waals surface area contributed by atoms with Crippen molar-refractivity contribution < 1.29 is 20.7 Å². The Balaban J connectivity index is 0. The lowest BCUT2D eigenvalue weighted by atomic mass is 10.0. The van der Waals surface area contributed by atoms with Crippen molar-refractivity contribution in [1.29, 1.82) is 0 Å². The number of aryl methyl sites for hydroxylation is 1. The maximum atomic E-state index is 8.88. The van der Waals surface area contributed by atoms with Gasteiger partial charge in [-0.15, -0.1) is 12.4 Å². The molecular formula is C12H17Cl3N4O4P+.